The molecular weight excluding hydrogens is 276 g/mol. The summed E-state index contributed by atoms with van der Waals surface area (Å²) < 4.78 is 22.6. The second kappa shape index (κ2) is 6.73. The van der Waals surface area contributed by atoms with Crippen LogP contribution in [0.25, 0.3) is 0 Å². The lowest BCUT2D eigenvalue weighted by Crippen LogP contribution is -2.54. The van der Waals surface area contributed by atoms with E-state index in [1.807, 2.05) is 13.8 Å². The van der Waals surface area contributed by atoms with Crippen molar-refractivity contribution in [2.24, 2.45) is 11.7 Å². The van der Waals surface area contributed by atoms with E-state index in [4.69, 9.17) is 5.73 Å². The minimum atomic E-state index is -3.01. The molecule has 1 fully saturated rings. The molecule has 0 bridgehead atoms. The fourth-order valence-corrected chi connectivity index (χ4v) is 3.87. The Kier molecular flexibility index (Phi) is 6.60. The Bertz CT molecular complexity index is 371. The van der Waals surface area contributed by atoms with Crippen LogP contribution in [0.1, 0.15) is 33.1 Å². The number of nitrogens with two attached hydrogens (primary N) is 1. The molecule has 108 valence electrons. The molecule has 3 N–H and O–H groups in total. The molecule has 1 rings (SSSR count). The Morgan fingerprint density at radius 2 is 1.94 bits per heavy atom. The first-order valence-electron chi connectivity index (χ1n) is 6.10. The average molecular weight is 299 g/mol. The van der Waals surface area contributed by atoms with Crippen LogP contribution in [-0.4, -0.2) is 37.9 Å². The first-order chi connectivity index (χ1) is 7.88. The predicted octanol–water partition coefficient (Wildman–Crippen LogP) is 0.477. The van der Waals surface area contributed by atoms with E-state index in [9.17, 15) is 13.2 Å². The van der Waals surface area contributed by atoms with Gasteiger partial charge in [0.05, 0.1) is 23.0 Å². The van der Waals surface area contributed by atoms with Gasteiger partial charge >= 0.3 is 0 Å². The van der Waals surface area contributed by atoms with Gasteiger partial charge in [0.1, 0.15) is 0 Å². The van der Waals surface area contributed by atoms with Gasteiger partial charge in [0, 0.05) is 6.54 Å². The molecule has 0 aromatic carbocycles. The molecule has 0 aromatic heterocycles. The minimum absolute atomic E-state index is 0. The van der Waals surface area contributed by atoms with E-state index < -0.39 is 15.8 Å². The third-order valence-corrected chi connectivity index (χ3v) is 5.50. The molecule has 1 heterocycles. The lowest BCUT2D eigenvalue weighted by molar-refractivity contribution is -0.126. The second-order valence-electron chi connectivity index (χ2n) is 4.78. The topological polar surface area (TPSA) is 89.3 Å². The van der Waals surface area contributed by atoms with Gasteiger partial charge in [0.25, 0.3) is 0 Å². The van der Waals surface area contributed by atoms with Crippen molar-refractivity contribution < 1.29 is 13.2 Å². The average Bonchev–Trinajstić information content (AvgIpc) is 2.67. The molecule has 1 saturated heterocycles. The number of halogens is 1. The summed E-state index contributed by atoms with van der Waals surface area (Å²) in [7, 11) is -3.01. The van der Waals surface area contributed by atoms with Crippen LogP contribution in [0, 0.1) is 5.92 Å². The van der Waals surface area contributed by atoms with Crippen molar-refractivity contribution in [2.45, 2.75) is 38.6 Å². The molecule has 0 aromatic rings. The molecule has 7 heteroatoms. The summed E-state index contributed by atoms with van der Waals surface area (Å²) in [5, 5.41) is 2.93. The maximum absolute atomic E-state index is 12.0. The van der Waals surface area contributed by atoms with E-state index in [2.05, 4.69) is 5.32 Å². The molecule has 1 aliphatic rings. The van der Waals surface area contributed by atoms with Gasteiger partial charge in [0.2, 0.25) is 5.91 Å². The molecule has 0 aliphatic carbocycles. The van der Waals surface area contributed by atoms with Crippen molar-refractivity contribution >= 4 is 28.2 Å². The minimum Gasteiger partial charge on any atom is -0.349 e. The largest absolute Gasteiger partial charge is 0.349 e. The maximum atomic E-state index is 12.0. The van der Waals surface area contributed by atoms with Crippen LogP contribution in [0.2, 0.25) is 0 Å². The molecule has 1 amide bonds. The first kappa shape index (κ1) is 17.7. The van der Waals surface area contributed by atoms with Gasteiger partial charge in [0.15, 0.2) is 9.84 Å². The number of hydrogen-bond acceptors (Lipinski definition) is 4. The number of sulfone groups is 1. The summed E-state index contributed by atoms with van der Waals surface area (Å²) >= 11 is 0. The number of rotatable bonds is 5. The number of carbonyl (C=O) groups excluding carboxylic acids is 1. The van der Waals surface area contributed by atoms with E-state index in [1.54, 1.807) is 0 Å². The zero-order chi connectivity index (χ0) is 13.1. The lowest BCUT2D eigenvalue weighted by atomic mass is 9.92. The first-order valence-corrected chi connectivity index (χ1v) is 7.92. The molecule has 1 atom stereocenters. The summed E-state index contributed by atoms with van der Waals surface area (Å²) in [4.78, 5) is 12.0. The summed E-state index contributed by atoms with van der Waals surface area (Å²) in [6.45, 7) is 4.33. The monoisotopic (exact) mass is 298 g/mol. The van der Waals surface area contributed by atoms with Gasteiger partial charge in [-0.3, -0.25) is 4.79 Å². The van der Waals surface area contributed by atoms with Gasteiger partial charge < -0.3 is 11.1 Å². The fourth-order valence-electron chi connectivity index (χ4n) is 2.13. The van der Waals surface area contributed by atoms with Crippen molar-refractivity contribution in [3.05, 3.63) is 0 Å². The highest BCUT2D eigenvalue weighted by atomic mass is 35.5. The van der Waals surface area contributed by atoms with E-state index >= 15 is 0 Å². The van der Waals surface area contributed by atoms with Crippen LogP contribution in [0.15, 0.2) is 0 Å². The Morgan fingerprint density at radius 3 is 2.28 bits per heavy atom. The smallest absolute Gasteiger partial charge is 0.224 e. The molecule has 0 saturated carbocycles. The fraction of sp³-hybridized carbons (Fsp3) is 0.909. The predicted molar refractivity (Wildman–Crippen MR) is 74.5 cm³/mol. The number of carbonyl (C=O) groups is 1. The summed E-state index contributed by atoms with van der Waals surface area (Å²) in [5.41, 5.74) is 5.31. The molecular formula is C11H23ClN2O3S. The normalized spacial score (nSPS) is 22.3. The highest BCUT2D eigenvalue weighted by Crippen LogP contribution is 2.21. The summed E-state index contributed by atoms with van der Waals surface area (Å²) in [5.74, 6) is -0.462. The Balaban J connectivity index is 0.00000289. The van der Waals surface area contributed by atoms with E-state index in [-0.39, 0.29) is 35.4 Å². The summed E-state index contributed by atoms with van der Waals surface area (Å²) in [6.07, 6.45) is 1.94. The third kappa shape index (κ3) is 4.10. The van der Waals surface area contributed by atoms with Gasteiger partial charge in [-0.15, -0.1) is 12.4 Å². The highest BCUT2D eigenvalue weighted by Gasteiger charge is 2.36. The third-order valence-electron chi connectivity index (χ3n) is 3.74. The van der Waals surface area contributed by atoms with Crippen LogP contribution in [0.4, 0.5) is 0 Å². The van der Waals surface area contributed by atoms with Crippen molar-refractivity contribution in [1.29, 1.82) is 0 Å². The van der Waals surface area contributed by atoms with E-state index in [0.717, 1.165) is 12.8 Å². The maximum Gasteiger partial charge on any atom is 0.224 e. The lowest BCUT2D eigenvalue weighted by Gasteiger charge is -2.32. The van der Waals surface area contributed by atoms with Gasteiger partial charge in [-0.05, 0) is 19.3 Å². The van der Waals surface area contributed by atoms with Crippen LogP contribution in [-0.2, 0) is 14.6 Å². The Labute approximate surface area is 115 Å². The molecule has 1 unspecified atom stereocenters. The van der Waals surface area contributed by atoms with Crippen LogP contribution < -0.4 is 11.1 Å². The van der Waals surface area contributed by atoms with Crippen molar-refractivity contribution in [1.82, 2.24) is 5.32 Å². The second-order valence-corrected chi connectivity index (χ2v) is 7.01. The Morgan fingerprint density at radius 1 is 1.39 bits per heavy atom. The SMILES string of the molecule is CCC(CC)(CN)NC(=O)C1CCS(=O)(=O)C1.Cl. The standard InChI is InChI=1S/C11H22N2O3S.ClH/c1-3-11(4-2,8-12)13-10(14)9-5-6-17(15,16)7-9;/h9H,3-8,12H2,1-2H3,(H,13,14);1H. The van der Waals surface area contributed by atoms with Crippen LogP contribution >= 0.6 is 12.4 Å². The molecule has 0 spiro atoms. The van der Waals surface area contributed by atoms with Crippen LogP contribution in [0.5, 0.6) is 0 Å². The molecule has 5 nitrogen and oxygen atoms in total. The Hall–Kier alpha value is -0.330. The number of hydrogen-bond donors (Lipinski definition) is 2. The van der Waals surface area contributed by atoms with Crippen molar-refractivity contribution in [3.8, 4) is 0 Å². The zero-order valence-corrected chi connectivity index (χ0v) is 12.6. The van der Waals surface area contributed by atoms with Crippen molar-refractivity contribution in [3.63, 3.8) is 0 Å². The zero-order valence-electron chi connectivity index (χ0n) is 10.9. The van der Waals surface area contributed by atoms with E-state index in [0.29, 0.717) is 13.0 Å². The van der Waals surface area contributed by atoms with Gasteiger partial charge in [-0.2, -0.15) is 0 Å². The van der Waals surface area contributed by atoms with Crippen LogP contribution in [0.3, 0.4) is 0 Å². The molecule has 18 heavy (non-hydrogen) atoms. The highest BCUT2D eigenvalue weighted by molar-refractivity contribution is 7.91. The van der Waals surface area contributed by atoms with Gasteiger partial charge in [-0.25, -0.2) is 8.42 Å². The van der Waals surface area contributed by atoms with Crippen molar-refractivity contribution in [2.75, 3.05) is 18.1 Å². The summed E-state index contributed by atoms with van der Waals surface area (Å²) in [6, 6.07) is 0. The van der Waals surface area contributed by atoms with E-state index in [1.165, 1.54) is 0 Å². The molecule has 0 radical (unpaired) electrons. The van der Waals surface area contributed by atoms with Gasteiger partial charge in [-0.1, -0.05) is 13.8 Å². The molecule has 1 aliphatic heterocycles. The quantitative estimate of drug-likeness (QED) is 0.772. The number of amides is 1. The number of nitrogens with one attached hydrogen (secondary N) is 1.